The van der Waals surface area contributed by atoms with Gasteiger partial charge >= 0.3 is 0 Å². The minimum atomic E-state index is 0.568. The third-order valence-electron chi connectivity index (χ3n) is 4.40. The van der Waals surface area contributed by atoms with Crippen LogP contribution in [0, 0.1) is 5.92 Å². The van der Waals surface area contributed by atoms with Crippen LogP contribution in [0.15, 0.2) is 0 Å². The van der Waals surface area contributed by atoms with Gasteiger partial charge < -0.3 is 9.64 Å². The van der Waals surface area contributed by atoms with E-state index in [-0.39, 0.29) is 0 Å². The van der Waals surface area contributed by atoms with E-state index in [0.29, 0.717) is 5.92 Å². The van der Waals surface area contributed by atoms with Crippen molar-refractivity contribution in [1.29, 1.82) is 0 Å². The lowest BCUT2D eigenvalue weighted by molar-refractivity contribution is 0.284. The Bertz CT molecular complexity index is 409. The van der Waals surface area contributed by atoms with Crippen LogP contribution in [0.25, 0.3) is 0 Å². The molecule has 3 heterocycles. The Hall–Kier alpha value is -0.680. The molecule has 2 fully saturated rings. The molecule has 4 nitrogen and oxygen atoms in total. The third kappa shape index (κ3) is 2.92. The highest BCUT2D eigenvalue weighted by molar-refractivity contribution is 6.99. The lowest BCUT2D eigenvalue weighted by Crippen LogP contribution is -2.22. The standard InChI is InChI=1S/C14H23N3OS/c1-2-3-4-5-8-18-14-13(15-19-16-14)12-10-17-7-6-11(12)9-17/h11-12H,2-10H2,1H3/t11-,12-/m0/s1. The van der Waals surface area contributed by atoms with Gasteiger partial charge in [0.05, 0.1) is 18.3 Å². The molecule has 0 aliphatic carbocycles. The van der Waals surface area contributed by atoms with Crippen LogP contribution in [0.5, 0.6) is 5.88 Å². The maximum absolute atomic E-state index is 5.86. The summed E-state index contributed by atoms with van der Waals surface area (Å²) in [5.41, 5.74) is 1.13. The molecule has 2 saturated heterocycles. The second-order valence-corrected chi connectivity index (χ2v) is 6.31. The average Bonchev–Trinajstić information content (AvgIpc) is 3.14. The lowest BCUT2D eigenvalue weighted by Gasteiger charge is -2.20. The Kier molecular flexibility index (Phi) is 4.33. The maximum atomic E-state index is 5.86. The molecule has 2 aliphatic rings. The molecule has 0 radical (unpaired) electrons. The highest BCUT2D eigenvalue weighted by Crippen LogP contribution is 2.41. The molecule has 1 unspecified atom stereocenters. The Labute approximate surface area is 119 Å². The fourth-order valence-corrected chi connectivity index (χ4v) is 3.87. The molecule has 1 aromatic heterocycles. The molecule has 2 bridgehead atoms. The number of ether oxygens (including phenoxy) is 1. The zero-order valence-electron chi connectivity index (χ0n) is 11.7. The molecule has 2 aliphatic heterocycles. The van der Waals surface area contributed by atoms with E-state index in [1.807, 2.05) is 0 Å². The summed E-state index contributed by atoms with van der Waals surface area (Å²) in [6.07, 6.45) is 6.26. The monoisotopic (exact) mass is 281 g/mol. The number of hydrogen-bond acceptors (Lipinski definition) is 5. The van der Waals surface area contributed by atoms with Gasteiger partial charge in [0.25, 0.3) is 0 Å². The van der Waals surface area contributed by atoms with E-state index in [1.165, 1.54) is 50.5 Å². The molecule has 19 heavy (non-hydrogen) atoms. The van der Waals surface area contributed by atoms with Gasteiger partial charge in [0.2, 0.25) is 5.88 Å². The van der Waals surface area contributed by atoms with Gasteiger partial charge in [-0.25, -0.2) is 0 Å². The van der Waals surface area contributed by atoms with Crippen molar-refractivity contribution in [2.75, 3.05) is 26.2 Å². The van der Waals surface area contributed by atoms with E-state index < -0.39 is 0 Å². The average molecular weight is 281 g/mol. The third-order valence-corrected chi connectivity index (χ3v) is 4.93. The first-order valence-corrected chi connectivity index (χ1v) is 8.29. The molecule has 3 atom stereocenters. The van der Waals surface area contributed by atoms with Crippen LogP contribution in [-0.4, -0.2) is 39.9 Å². The van der Waals surface area contributed by atoms with Crippen molar-refractivity contribution in [3.05, 3.63) is 5.69 Å². The highest BCUT2D eigenvalue weighted by Gasteiger charge is 2.41. The quantitative estimate of drug-likeness (QED) is 0.720. The Morgan fingerprint density at radius 3 is 2.95 bits per heavy atom. The van der Waals surface area contributed by atoms with Crippen molar-refractivity contribution >= 4 is 11.7 Å². The predicted molar refractivity (Wildman–Crippen MR) is 76.8 cm³/mol. The Morgan fingerprint density at radius 1 is 1.26 bits per heavy atom. The smallest absolute Gasteiger partial charge is 0.249 e. The van der Waals surface area contributed by atoms with E-state index in [4.69, 9.17) is 4.74 Å². The van der Waals surface area contributed by atoms with Crippen LogP contribution in [0.2, 0.25) is 0 Å². The molecule has 0 spiro atoms. The normalized spacial score (nSPS) is 29.0. The second-order valence-electron chi connectivity index (χ2n) is 5.78. The van der Waals surface area contributed by atoms with Crippen molar-refractivity contribution in [1.82, 2.24) is 13.6 Å². The number of hydrogen-bond donors (Lipinski definition) is 0. The minimum Gasteiger partial charge on any atom is -0.476 e. The van der Waals surface area contributed by atoms with Crippen molar-refractivity contribution in [2.24, 2.45) is 5.92 Å². The van der Waals surface area contributed by atoms with Crippen LogP contribution >= 0.6 is 11.7 Å². The van der Waals surface area contributed by atoms with Crippen molar-refractivity contribution in [2.45, 2.75) is 44.9 Å². The van der Waals surface area contributed by atoms with Crippen LogP contribution in [0.3, 0.4) is 0 Å². The molecule has 5 heteroatoms. The van der Waals surface area contributed by atoms with Crippen LogP contribution in [0.1, 0.15) is 50.6 Å². The van der Waals surface area contributed by atoms with E-state index in [1.54, 1.807) is 0 Å². The van der Waals surface area contributed by atoms with E-state index >= 15 is 0 Å². The Balaban J connectivity index is 1.54. The summed E-state index contributed by atoms with van der Waals surface area (Å²) in [7, 11) is 0. The van der Waals surface area contributed by atoms with Crippen molar-refractivity contribution in [3.63, 3.8) is 0 Å². The van der Waals surface area contributed by atoms with Crippen molar-refractivity contribution in [3.8, 4) is 5.88 Å². The maximum Gasteiger partial charge on any atom is 0.249 e. The molecule has 1 aromatic rings. The fourth-order valence-electron chi connectivity index (χ4n) is 3.31. The first-order chi connectivity index (χ1) is 9.38. The molecule has 106 valence electrons. The van der Waals surface area contributed by atoms with Gasteiger partial charge in [-0.2, -0.15) is 4.37 Å². The van der Waals surface area contributed by atoms with Gasteiger partial charge in [0.15, 0.2) is 0 Å². The molecular weight excluding hydrogens is 258 g/mol. The number of rotatable bonds is 7. The number of nitrogens with zero attached hydrogens (tertiary/aromatic N) is 3. The van der Waals surface area contributed by atoms with Crippen LogP contribution < -0.4 is 4.74 Å². The zero-order valence-corrected chi connectivity index (χ0v) is 12.5. The lowest BCUT2D eigenvalue weighted by atomic mass is 9.90. The minimum absolute atomic E-state index is 0.568. The second kappa shape index (κ2) is 6.18. The Morgan fingerprint density at radius 2 is 2.21 bits per heavy atom. The number of unbranched alkanes of at least 4 members (excludes halogenated alkanes) is 3. The summed E-state index contributed by atoms with van der Waals surface area (Å²) >= 11 is 1.31. The topological polar surface area (TPSA) is 38.3 Å². The molecule has 0 aromatic carbocycles. The van der Waals surface area contributed by atoms with Gasteiger partial charge in [0.1, 0.15) is 5.69 Å². The first-order valence-electron chi connectivity index (χ1n) is 7.56. The summed E-state index contributed by atoms with van der Waals surface area (Å²) in [6, 6.07) is 0. The predicted octanol–water partition coefficient (Wildman–Crippen LogP) is 2.92. The highest BCUT2D eigenvalue weighted by atomic mass is 32.1. The summed E-state index contributed by atoms with van der Waals surface area (Å²) in [4.78, 5) is 2.54. The number of piperidine rings is 1. The SMILES string of the molecule is CCCCCCOc1nsnc1[C@H]1CN2CC[C@H]1C2. The van der Waals surface area contributed by atoms with Gasteiger partial charge in [-0.15, -0.1) is 4.37 Å². The molecule has 0 saturated carbocycles. The van der Waals surface area contributed by atoms with Crippen LogP contribution in [0.4, 0.5) is 0 Å². The van der Waals surface area contributed by atoms with Gasteiger partial charge in [-0.05, 0) is 25.3 Å². The van der Waals surface area contributed by atoms with E-state index in [2.05, 4.69) is 20.6 Å². The van der Waals surface area contributed by atoms with E-state index in [0.717, 1.165) is 37.1 Å². The zero-order chi connectivity index (χ0) is 13.1. The van der Waals surface area contributed by atoms with Crippen molar-refractivity contribution < 1.29 is 4.74 Å². The fraction of sp³-hybridized carbons (Fsp3) is 0.857. The molecule has 0 amide bonds. The summed E-state index contributed by atoms with van der Waals surface area (Å²) in [6.45, 7) is 6.69. The number of fused-ring (bicyclic) bond motifs is 2. The number of aromatic nitrogens is 2. The van der Waals surface area contributed by atoms with Gasteiger partial charge in [-0.3, -0.25) is 0 Å². The summed E-state index contributed by atoms with van der Waals surface area (Å²) in [5, 5.41) is 0. The molecule has 0 N–H and O–H groups in total. The van der Waals surface area contributed by atoms with Gasteiger partial charge in [0, 0.05) is 19.0 Å². The summed E-state index contributed by atoms with van der Waals surface area (Å²) < 4.78 is 14.7. The van der Waals surface area contributed by atoms with Gasteiger partial charge in [-0.1, -0.05) is 26.2 Å². The molecular formula is C14H23N3OS. The van der Waals surface area contributed by atoms with E-state index in [9.17, 15) is 0 Å². The molecule has 3 rings (SSSR count). The largest absolute Gasteiger partial charge is 0.476 e. The summed E-state index contributed by atoms with van der Waals surface area (Å²) in [5.74, 6) is 2.17. The first kappa shape index (κ1) is 13.3. The van der Waals surface area contributed by atoms with Crippen LogP contribution in [-0.2, 0) is 0 Å².